The molecule has 0 atom stereocenters. The Balaban J connectivity index is 2.52. The zero-order valence-corrected chi connectivity index (χ0v) is 12.3. The summed E-state index contributed by atoms with van der Waals surface area (Å²) < 4.78 is 0. The van der Waals surface area contributed by atoms with E-state index in [1.807, 2.05) is 17.6 Å². The Bertz CT molecular complexity index is 396. The van der Waals surface area contributed by atoms with Gasteiger partial charge >= 0.3 is 0 Å². The van der Waals surface area contributed by atoms with Crippen LogP contribution in [-0.4, -0.2) is 37.1 Å². The SMILES string of the molecule is CN(C)CC(C)(C)CCc1ccc(N=CNO)cc1. The molecule has 0 spiro atoms. The van der Waals surface area contributed by atoms with E-state index in [9.17, 15) is 0 Å². The second-order valence-corrected chi connectivity index (χ2v) is 5.96. The van der Waals surface area contributed by atoms with Gasteiger partial charge in [-0.05, 0) is 50.0 Å². The zero-order valence-electron chi connectivity index (χ0n) is 12.3. The van der Waals surface area contributed by atoms with E-state index in [0.29, 0.717) is 5.41 Å². The van der Waals surface area contributed by atoms with Crippen LogP contribution in [0.25, 0.3) is 0 Å². The second-order valence-electron chi connectivity index (χ2n) is 5.96. The molecular weight excluding hydrogens is 238 g/mol. The minimum Gasteiger partial charge on any atom is -0.309 e. The van der Waals surface area contributed by atoms with Crippen molar-refractivity contribution in [3.05, 3.63) is 29.8 Å². The topological polar surface area (TPSA) is 47.9 Å². The molecule has 0 amide bonds. The van der Waals surface area contributed by atoms with Crippen molar-refractivity contribution in [3.63, 3.8) is 0 Å². The Morgan fingerprint density at radius 2 is 1.89 bits per heavy atom. The first kappa shape index (κ1) is 15.7. The largest absolute Gasteiger partial charge is 0.309 e. The Morgan fingerprint density at radius 3 is 2.42 bits per heavy atom. The highest BCUT2D eigenvalue weighted by Crippen LogP contribution is 2.24. The number of benzene rings is 1. The maximum Gasteiger partial charge on any atom is 0.113 e. The zero-order chi connectivity index (χ0) is 14.3. The number of nitrogens with zero attached hydrogens (tertiary/aromatic N) is 2. The van der Waals surface area contributed by atoms with Crippen LogP contribution in [-0.2, 0) is 6.42 Å². The van der Waals surface area contributed by atoms with Gasteiger partial charge in [0.15, 0.2) is 0 Å². The molecule has 0 saturated carbocycles. The standard InChI is InChI=1S/C15H25N3O/c1-15(2,11-18(3)4)10-9-13-5-7-14(8-6-13)16-12-17-19/h5-8,12,19H,9-11H2,1-4H3,(H,16,17). The van der Waals surface area contributed by atoms with Crippen molar-refractivity contribution >= 4 is 12.0 Å². The van der Waals surface area contributed by atoms with Crippen molar-refractivity contribution in [2.75, 3.05) is 20.6 Å². The van der Waals surface area contributed by atoms with Gasteiger partial charge in [0.05, 0.1) is 5.69 Å². The van der Waals surface area contributed by atoms with E-state index in [0.717, 1.165) is 25.1 Å². The van der Waals surface area contributed by atoms with E-state index in [1.165, 1.54) is 11.9 Å². The molecule has 1 rings (SSSR count). The third kappa shape index (κ3) is 6.36. The normalized spacial score (nSPS) is 12.3. The molecule has 0 heterocycles. The Morgan fingerprint density at radius 1 is 1.26 bits per heavy atom. The summed E-state index contributed by atoms with van der Waals surface area (Å²) in [5, 5.41) is 8.42. The van der Waals surface area contributed by atoms with Gasteiger partial charge in [-0.15, -0.1) is 0 Å². The third-order valence-electron chi connectivity index (χ3n) is 3.04. The van der Waals surface area contributed by atoms with Gasteiger partial charge in [0, 0.05) is 6.54 Å². The molecule has 4 nitrogen and oxygen atoms in total. The molecule has 0 aliphatic carbocycles. The van der Waals surface area contributed by atoms with E-state index in [-0.39, 0.29) is 0 Å². The van der Waals surface area contributed by atoms with Gasteiger partial charge in [-0.3, -0.25) is 10.7 Å². The number of aliphatic imine (C=N–C) groups is 1. The second kappa shape index (κ2) is 7.26. The quantitative estimate of drug-likeness (QED) is 0.452. The maximum absolute atomic E-state index is 8.42. The summed E-state index contributed by atoms with van der Waals surface area (Å²) in [7, 11) is 4.23. The highest BCUT2D eigenvalue weighted by molar-refractivity contribution is 5.59. The number of rotatable bonds is 7. The van der Waals surface area contributed by atoms with Crippen molar-refractivity contribution < 1.29 is 5.21 Å². The fourth-order valence-corrected chi connectivity index (χ4v) is 2.27. The van der Waals surface area contributed by atoms with E-state index >= 15 is 0 Å². The van der Waals surface area contributed by atoms with Gasteiger partial charge in [0.25, 0.3) is 0 Å². The van der Waals surface area contributed by atoms with Crippen LogP contribution in [0.3, 0.4) is 0 Å². The van der Waals surface area contributed by atoms with Crippen LogP contribution >= 0.6 is 0 Å². The van der Waals surface area contributed by atoms with Crippen LogP contribution in [0.2, 0.25) is 0 Å². The van der Waals surface area contributed by atoms with E-state index in [2.05, 4.69) is 50.0 Å². The van der Waals surface area contributed by atoms with Gasteiger partial charge in [0.2, 0.25) is 0 Å². The first-order valence-electron chi connectivity index (χ1n) is 6.59. The molecule has 19 heavy (non-hydrogen) atoms. The average Bonchev–Trinajstić information content (AvgIpc) is 2.34. The van der Waals surface area contributed by atoms with Crippen molar-refractivity contribution in [2.45, 2.75) is 26.7 Å². The predicted molar refractivity (Wildman–Crippen MR) is 80.2 cm³/mol. The Kier molecular flexibility index (Phi) is 5.99. The van der Waals surface area contributed by atoms with Crippen molar-refractivity contribution in [1.82, 2.24) is 10.4 Å². The van der Waals surface area contributed by atoms with Crippen LogP contribution in [0, 0.1) is 5.41 Å². The Hall–Kier alpha value is -1.39. The minimum absolute atomic E-state index is 0.321. The lowest BCUT2D eigenvalue weighted by atomic mass is 9.86. The van der Waals surface area contributed by atoms with E-state index in [1.54, 1.807) is 0 Å². The maximum atomic E-state index is 8.42. The fraction of sp³-hybridized carbons (Fsp3) is 0.533. The summed E-state index contributed by atoms with van der Waals surface area (Å²) >= 11 is 0. The van der Waals surface area contributed by atoms with Crippen molar-refractivity contribution in [3.8, 4) is 0 Å². The van der Waals surface area contributed by atoms with Gasteiger partial charge in [-0.2, -0.15) is 0 Å². The minimum atomic E-state index is 0.321. The molecule has 106 valence electrons. The van der Waals surface area contributed by atoms with Gasteiger partial charge < -0.3 is 4.90 Å². The summed E-state index contributed by atoms with van der Waals surface area (Å²) in [6, 6.07) is 8.11. The van der Waals surface area contributed by atoms with Crippen LogP contribution < -0.4 is 5.48 Å². The highest BCUT2D eigenvalue weighted by atomic mass is 16.5. The summed E-state index contributed by atoms with van der Waals surface area (Å²) in [4.78, 5) is 6.26. The molecule has 0 aliphatic rings. The Labute approximate surface area is 116 Å². The molecule has 1 aromatic carbocycles. The first-order chi connectivity index (χ1) is 8.93. The van der Waals surface area contributed by atoms with Crippen molar-refractivity contribution in [1.29, 1.82) is 0 Å². The van der Waals surface area contributed by atoms with E-state index in [4.69, 9.17) is 5.21 Å². The van der Waals surface area contributed by atoms with E-state index < -0.39 is 0 Å². The number of nitrogens with one attached hydrogen (secondary N) is 1. The molecule has 2 N–H and O–H groups in total. The third-order valence-corrected chi connectivity index (χ3v) is 3.04. The lowest BCUT2D eigenvalue weighted by Crippen LogP contribution is -2.28. The molecule has 0 fully saturated rings. The van der Waals surface area contributed by atoms with Crippen LogP contribution in [0.15, 0.2) is 29.3 Å². The first-order valence-corrected chi connectivity index (χ1v) is 6.59. The van der Waals surface area contributed by atoms with Crippen LogP contribution in [0.4, 0.5) is 5.69 Å². The molecular formula is C15H25N3O. The lowest BCUT2D eigenvalue weighted by molar-refractivity contribution is 0.226. The molecule has 0 saturated heterocycles. The lowest BCUT2D eigenvalue weighted by Gasteiger charge is -2.28. The van der Waals surface area contributed by atoms with Crippen molar-refractivity contribution in [2.24, 2.45) is 10.4 Å². The van der Waals surface area contributed by atoms with Crippen LogP contribution in [0.5, 0.6) is 0 Å². The molecule has 0 aromatic heterocycles. The van der Waals surface area contributed by atoms with Gasteiger partial charge in [-0.1, -0.05) is 26.0 Å². The summed E-state index contributed by atoms with van der Waals surface area (Å²) in [5.41, 5.74) is 4.37. The fourth-order valence-electron chi connectivity index (χ4n) is 2.27. The average molecular weight is 263 g/mol. The molecule has 0 unspecified atom stereocenters. The molecule has 1 aromatic rings. The van der Waals surface area contributed by atoms with Gasteiger partial charge in [0.1, 0.15) is 6.34 Å². The molecule has 4 heteroatoms. The highest BCUT2D eigenvalue weighted by Gasteiger charge is 2.18. The van der Waals surface area contributed by atoms with Gasteiger partial charge in [-0.25, -0.2) is 4.99 Å². The van der Waals surface area contributed by atoms with Crippen LogP contribution in [0.1, 0.15) is 25.8 Å². The monoisotopic (exact) mass is 263 g/mol. The summed E-state index contributed by atoms with van der Waals surface area (Å²) in [6.07, 6.45) is 3.49. The molecule has 0 radical (unpaired) electrons. The summed E-state index contributed by atoms with van der Waals surface area (Å²) in [5.74, 6) is 0. The number of aryl methyl sites for hydroxylation is 1. The summed E-state index contributed by atoms with van der Waals surface area (Å²) in [6.45, 7) is 5.70. The predicted octanol–water partition coefficient (Wildman–Crippen LogP) is 2.85. The number of hydrogen-bond acceptors (Lipinski definition) is 3. The molecule has 0 aliphatic heterocycles. The number of hydroxylamine groups is 1. The molecule has 0 bridgehead atoms. The number of hydrogen-bond donors (Lipinski definition) is 2. The smallest absolute Gasteiger partial charge is 0.113 e.